The summed E-state index contributed by atoms with van der Waals surface area (Å²) in [4.78, 5) is 35.7. The Kier molecular flexibility index (Phi) is 4.79. The Bertz CT molecular complexity index is 579. The van der Waals surface area contributed by atoms with Gasteiger partial charge in [-0.1, -0.05) is 5.16 Å². The summed E-state index contributed by atoms with van der Waals surface area (Å²) >= 11 is 0. The van der Waals surface area contributed by atoms with Gasteiger partial charge in [0.05, 0.1) is 0 Å². The fourth-order valence-corrected chi connectivity index (χ4v) is 2.05. The Hall–Kier alpha value is -2.38. The lowest BCUT2D eigenvalue weighted by Crippen LogP contribution is -2.46. The van der Waals surface area contributed by atoms with Gasteiger partial charge < -0.3 is 19.8 Å². The number of nitrogens with zero attached hydrogens (tertiary/aromatic N) is 2. The molecule has 8 heteroatoms. The predicted molar refractivity (Wildman–Crippen MR) is 75.3 cm³/mol. The van der Waals surface area contributed by atoms with E-state index in [1.807, 2.05) is 0 Å². The molecule has 2 N–H and O–H groups in total. The second kappa shape index (κ2) is 6.59. The fraction of sp³-hybridized carbons (Fsp3) is 0.571. The Balaban J connectivity index is 2.08. The van der Waals surface area contributed by atoms with Gasteiger partial charge in [0.1, 0.15) is 11.8 Å². The van der Waals surface area contributed by atoms with Gasteiger partial charge in [-0.2, -0.15) is 0 Å². The highest BCUT2D eigenvalue weighted by molar-refractivity contribution is 5.95. The maximum absolute atomic E-state index is 12.5. The fourth-order valence-electron chi connectivity index (χ4n) is 2.05. The summed E-state index contributed by atoms with van der Waals surface area (Å²) in [5, 5.41) is 15.4. The molecule has 2 rings (SSSR count). The largest absolute Gasteiger partial charge is 0.480 e. The number of nitrogens with one attached hydrogen (secondary N) is 1. The molecule has 0 radical (unpaired) electrons. The number of carboxylic acid groups (broad SMARTS) is 1. The first-order chi connectivity index (χ1) is 10.4. The summed E-state index contributed by atoms with van der Waals surface area (Å²) in [5.41, 5.74) is 0.0952. The zero-order valence-corrected chi connectivity index (χ0v) is 12.5. The van der Waals surface area contributed by atoms with Crippen LogP contribution in [0.4, 0.5) is 0 Å². The van der Waals surface area contributed by atoms with E-state index in [9.17, 15) is 14.4 Å². The lowest BCUT2D eigenvalue weighted by molar-refractivity contribution is -0.141. The zero-order valence-electron chi connectivity index (χ0n) is 12.5. The first kappa shape index (κ1) is 16.0. The Labute approximate surface area is 127 Å². The van der Waals surface area contributed by atoms with Gasteiger partial charge in [0.2, 0.25) is 5.91 Å². The van der Waals surface area contributed by atoms with E-state index in [0.717, 1.165) is 17.7 Å². The third-order valence-electron chi connectivity index (χ3n) is 3.54. The summed E-state index contributed by atoms with van der Waals surface area (Å²) < 4.78 is 5.13. The molecule has 1 atom stereocenters. The average Bonchev–Trinajstić information content (AvgIpc) is 3.19. The van der Waals surface area contributed by atoms with Crippen LogP contribution in [0.5, 0.6) is 0 Å². The number of aromatic nitrogens is 1. The van der Waals surface area contributed by atoms with Crippen molar-refractivity contribution < 1.29 is 24.0 Å². The minimum Gasteiger partial charge on any atom is -0.480 e. The van der Waals surface area contributed by atoms with Crippen LogP contribution in [0.25, 0.3) is 0 Å². The minimum atomic E-state index is -1.12. The van der Waals surface area contributed by atoms with Gasteiger partial charge in [0.25, 0.3) is 5.91 Å². The number of carbonyl (C=O) groups excluding carboxylic acids is 2. The predicted octanol–water partition coefficient (Wildman–Crippen LogP) is 0.603. The van der Waals surface area contributed by atoms with Crippen molar-refractivity contribution in [2.75, 3.05) is 13.1 Å². The highest BCUT2D eigenvalue weighted by Gasteiger charge is 2.32. The summed E-state index contributed by atoms with van der Waals surface area (Å²) in [6.07, 6.45) is 2.03. The van der Waals surface area contributed by atoms with Crippen molar-refractivity contribution in [3.63, 3.8) is 0 Å². The SMILES string of the molecule is CC(=O)NCCN(C(=O)c1cc(C2CC2)on1)C(C)C(=O)O. The van der Waals surface area contributed by atoms with Crippen molar-refractivity contribution in [3.8, 4) is 0 Å². The van der Waals surface area contributed by atoms with Gasteiger partial charge in [-0.05, 0) is 19.8 Å². The molecule has 0 aromatic carbocycles. The van der Waals surface area contributed by atoms with Crippen molar-refractivity contribution >= 4 is 17.8 Å². The van der Waals surface area contributed by atoms with Crippen LogP contribution in [-0.4, -0.2) is 52.1 Å². The molecule has 22 heavy (non-hydrogen) atoms. The van der Waals surface area contributed by atoms with Gasteiger partial charge in [-0.15, -0.1) is 0 Å². The maximum atomic E-state index is 12.5. The van der Waals surface area contributed by atoms with Crippen molar-refractivity contribution in [1.29, 1.82) is 0 Å². The first-order valence-electron chi connectivity index (χ1n) is 7.15. The molecule has 1 aromatic heterocycles. The van der Waals surface area contributed by atoms with Gasteiger partial charge in [-0.3, -0.25) is 9.59 Å². The van der Waals surface area contributed by atoms with Crippen LogP contribution >= 0.6 is 0 Å². The topological polar surface area (TPSA) is 113 Å². The molecule has 0 bridgehead atoms. The van der Waals surface area contributed by atoms with Crippen LogP contribution in [0.3, 0.4) is 0 Å². The van der Waals surface area contributed by atoms with Crippen LogP contribution in [0.1, 0.15) is 48.9 Å². The van der Waals surface area contributed by atoms with E-state index in [4.69, 9.17) is 9.63 Å². The Morgan fingerprint density at radius 1 is 1.50 bits per heavy atom. The van der Waals surface area contributed by atoms with E-state index >= 15 is 0 Å². The van der Waals surface area contributed by atoms with Crippen molar-refractivity contribution in [3.05, 3.63) is 17.5 Å². The molecule has 0 aliphatic heterocycles. The second-order valence-corrected chi connectivity index (χ2v) is 5.38. The van der Waals surface area contributed by atoms with E-state index in [0.29, 0.717) is 11.7 Å². The molecule has 8 nitrogen and oxygen atoms in total. The monoisotopic (exact) mass is 309 g/mol. The molecule has 1 saturated carbocycles. The van der Waals surface area contributed by atoms with Gasteiger partial charge in [0, 0.05) is 32.0 Å². The molecule has 1 aliphatic carbocycles. The van der Waals surface area contributed by atoms with Gasteiger partial charge >= 0.3 is 5.97 Å². The third kappa shape index (κ3) is 3.84. The van der Waals surface area contributed by atoms with E-state index in [1.54, 1.807) is 6.07 Å². The minimum absolute atomic E-state index is 0.0809. The standard InChI is InChI=1S/C14H19N3O5/c1-8(14(20)21)17(6-5-15-9(2)18)13(19)11-7-12(22-16-11)10-3-4-10/h7-8,10H,3-6H2,1-2H3,(H,15,18)(H,20,21). The molecule has 0 saturated heterocycles. The molecule has 2 amide bonds. The molecule has 1 heterocycles. The molecular weight excluding hydrogens is 290 g/mol. The van der Waals surface area contributed by atoms with Crippen LogP contribution in [0, 0.1) is 0 Å². The van der Waals surface area contributed by atoms with Gasteiger partial charge in [0.15, 0.2) is 5.69 Å². The van der Waals surface area contributed by atoms with Crippen LogP contribution in [-0.2, 0) is 9.59 Å². The van der Waals surface area contributed by atoms with Crippen LogP contribution < -0.4 is 5.32 Å². The summed E-state index contributed by atoms with van der Waals surface area (Å²) in [6, 6.07) is 0.544. The zero-order chi connectivity index (χ0) is 16.3. The van der Waals surface area contributed by atoms with E-state index in [1.165, 1.54) is 13.8 Å². The number of hydrogen-bond acceptors (Lipinski definition) is 5. The van der Waals surface area contributed by atoms with Crippen LogP contribution in [0.15, 0.2) is 10.6 Å². The smallest absolute Gasteiger partial charge is 0.326 e. The lowest BCUT2D eigenvalue weighted by atomic mass is 10.2. The Morgan fingerprint density at radius 3 is 2.73 bits per heavy atom. The summed E-state index contributed by atoms with van der Waals surface area (Å²) in [7, 11) is 0. The van der Waals surface area contributed by atoms with Crippen molar-refractivity contribution in [2.24, 2.45) is 0 Å². The van der Waals surface area contributed by atoms with E-state index < -0.39 is 17.9 Å². The third-order valence-corrected chi connectivity index (χ3v) is 3.54. The number of amides is 2. The first-order valence-corrected chi connectivity index (χ1v) is 7.15. The van der Waals surface area contributed by atoms with Crippen molar-refractivity contribution in [2.45, 2.75) is 38.6 Å². The second-order valence-electron chi connectivity index (χ2n) is 5.38. The van der Waals surface area contributed by atoms with E-state index in [2.05, 4.69) is 10.5 Å². The molecule has 120 valence electrons. The van der Waals surface area contributed by atoms with Crippen LogP contribution in [0.2, 0.25) is 0 Å². The number of aliphatic carboxylic acids is 1. The number of carboxylic acids is 1. The number of carbonyl (C=O) groups is 3. The highest BCUT2D eigenvalue weighted by Crippen LogP contribution is 2.40. The molecule has 0 spiro atoms. The summed E-state index contributed by atoms with van der Waals surface area (Å²) in [6.45, 7) is 3.02. The summed E-state index contributed by atoms with van der Waals surface area (Å²) in [5.74, 6) is -0.905. The normalized spacial score (nSPS) is 15.2. The quantitative estimate of drug-likeness (QED) is 0.762. The van der Waals surface area contributed by atoms with E-state index in [-0.39, 0.29) is 24.7 Å². The molecule has 1 fully saturated rings. The van der Waals surface area contributed by atoms with Crippen molar-refractivity contribution in [1.82, 2.24) is 15.4 Å². The highest BCUT2D eigenvalue weighted by atomic mass is 16.5. The van der Waals surface area contributed by atoms with Gasteiger partial charge in [-0.25, -0.2) is 4.79 Å². The average molecular weight is 309 g/mol. The number of hydrogen-bond donors (Lipinski definition) is 2. The lowest BCUT2D eigenvalue weighted by Gasteiger charge is -2.25. The molecule has 1 unspecified atom stereocenters. The molecule has 1 aliphatic rings. The molecule has 1 aromatic rings. The number of rotatable bonds is 7. The maximum Gasteiger partial charge on any atom is 0.326 e. The molecular formula is C14H19N3O5. The Morgan fingerprint density at radius 2 is 2.18 bits per heavy atom.